The Morgan fingerprint density at radius 2 is 1.25 bits per heavy atom. The molecule has 1 heterocycles. The average Bonchev–Trinajstić information content (AvgIpc) is 2.82. The van der Waals surface area contributed by atoms with Gasteiger partial charge in [-0.3, -0.25) is 4.90 Å². The Bertz CT molecular complexity index is 966. The third-order valence-electron chi connectivity index (χ3n) is 6.20. The number of aliphatic hydroxyl groups excluding tert-OH is 1. The van der Waals surface area contributed by atoms with E-state index in [0.717, 1.165) is 56.7 Å². The number of hydrogen-bond acceptors (Lipinski definition) is 3. The van der Waals surface area contributed by atoms with Crippen LogP contribution >= 0.6 is 0 Å². The lowest BCUT2D eigenvalue weighted by atomic mass is 10.0. The van der Waals surface area contributed by atoms with Gasteiger partial charge in [0.05, 0.1) is 6.10 Å². The van der Waals surface area contributed by atoms with E-state index in [1.165, 1.54) is 35.5 Å². The van der Waals surface area contributed by atoms with Gasteiger partial charge in [0.15, 0.2) is 0 Å². The van der Waals surface area contributed by atoms with Crippen molar-refractivity contribution in [3.05, 3.63) is 101 Å². The molecule has 0 amide bonds. The van der Waals surface area contributed by atoms with Gasteiger partial charge in [-0.2, -0.15) is 0 Å². The van der Waals surface area contributed by atoms with Gasteiger partial charge in [-0.05, 0) is 78.9 Å². The largest absolute Gasteiger partial charge is 0.388 e. The van der Waals surface area contributed by atoms with Crippen LogP contribution < -0.4 is 4.90 Å². The Morgan fingerprint density at radius 1 is 0.719 bits per heavy atom. The highest BCUT2D eigenvalue weighted by Gasteiger charge is 2.17. The minimum Gasteiger partial charge on any atom is -0.388 e. The molecule has 0 saturated carbocycles. The van der Waals surface area contributed by atoms with Gasteiger partial charge >= 0.3 is 0 Å². The summed E-state index contributed by atoms with van der Waals surface area (Å²) in [6.07, 6.45) is 1.86. The van der Waals surface area contributed by atoms with Crippen LogP contribution in [-0.2, 0) is 6.42 Å². The minimum atomic E-state index is -0.537. The zero-order valence-electron chi connectivity index (χ0n) is 18.3. The zero-order valence-corrected chi connectivity index (χ0v) is 18.3. The standard InChI is InChI=1S/C27H30F2N2O/c28-24-9-3-21(4-10-24)20-22-5-13-26(14-6-22)31-18-16-30(17-19-31)15-1-2-27(32)23-7-11-25(29)12-8-23/h3-14,27,32H,1-2,15-20H2. The molecule has 0 aliphatic carbocycles. The third kappa shape index (κ3) is 6.15. The predicted molar refractivity (Wildman–Crippen MR) is 125 cm³/mol. The van der Waals surface area contributed by atoms with Crippen molar-refractivity contribution < 1.29 is 13.9 Å². The molecular formula is C27H30F2N2O. The summed E-state index contributed by atoms with van der Waals surface area (Å²) in [5.74, 6) is -0.478. The molecule has 3 aromatic rings. The molecule has 1 atom stereocenters. The highest BCUT2D eigenvalue weighted by atomic mass is 19.1. The number of nitrogens with zero attached hydrogens (tertiary/aromatic N) is 2. The van der Waals surface area contributed by atoms with Crippen LogP contribution in [0.25, 0.3) is 0 Å². The number of rotatable bonds is 8. The van der Waals surface area contributed by atoms with Crippen molar-refractivity contribution in [2.75, 3.05) is 37.6 Å². The predicted octanol–water partition coefficient (Wildman–Crippen LogP) is 5.19. The maximum absolute atomic E-state index is 13.1. The molecule has 1 fully saturated rings. The first-order valence-electron chi connectivity index (χ1n) is 11.3. The minimum absolute atomic E-state index is 0.202. The van der Waals surface area contributed by atoms with Crippen LogP contribution in [0.15, 0.2) is 72.8 Å². The number of piperazine rings is 1. The van der Waals surface area contributed by atoms with Crippen LogP contribution in [0, 0.1) is 11.6 Å². The summed E-state index contributed by atoms with van der Waals surface area (Å²) in [5, 5.41) is 10.3. The number of halogens is 2. The summed E-state index contributed by atoms with van der Waals surface area (Å²) in [4.78, 5) is 4.85. The Labute approximate surface area is 188 Å². The van der Waals surface area contributed by atoms with Crippen LogP contribution in [0.2, 0.25) is 0 Å². The Balaban J connectivity index is 1.19. The highest BCUT2D eigenvalue weighted by molar-refractivity contribution is 5.48. The van der Waals surface area contributed by atoms with E-state index >= 15 is 0 Å². The molecule has 1 aliphatic rings. The quantitative estimate of drug-likeness (QED) is 0.526. The SMILES string of the molecule is OC(CCCN1CCN(c2ccc(Cc3ccc(F)cc3)cc2)CC1)c1ccc(F)cc1. The molecule has 3 nitrogen and oxygen atoms in total. The Kier molecular flexibility index (Phi) is 7.51. The van der Waals surface area contributed by atoms with Crippen molar-refractivity contribution in [1.29, 1.82) is 0 Å². The number of benzene rings is 3. The lowest BCUT2D eigenvalue weighted by Crippen LogP contribution is -2.46. The van der Waals surface area contributed by atoms with E-state index < -0.39 is 6.10 Å². The van der Waals surface area contributed by atoms with Gasteiger partial charge in [-0.1, -0.05) is 36.4 Å². The van der Waals surface area contributed by atoms with Crippen molar-refractivity contribution in [3.8, 4) is 0 Å². The molecule has 0 bridgehead atoms. The summed E-state index contributed by atoms with van der Waals surface area (Å²) in [7, 11) is 0. The molecular weight excluding hydrogens is 406 g/mol. The van der Waals surface area contributed by atoms with E-state index in [4.69, 9.17) is 0 Å². The van der Waals surface area contributed by atoms with Crippen molar-refractivity contribution in [2.24, 2.45) is 0 Å². The molecule has 1 aliphatic heterocycles. The summed E-state index contributed by atoms with van der Waals surface area (Å²) < 4.78 is 26.1. The lowest BCUT2D eigenvalue weighted by molar-refractivity contribution is 0.154. The van der Waals surface area contributed by atoms with E-state index in [2.05, 4.69) is 34.1 Å². The molecule has 0 aromatic heterocycles. The fraction of sp³-hybridized carbons (Fsp3) is 0.333. The van der Waals surface area contributed by atoms with Crippen LogP contribution in [0.3, 0.4) is 0 Å². The monoisotopic (exact) mass is 436 g/mol. The van der Waals surface area contributed by atoms with Gasteiger partial charge in [0, 0.05) is 31.9 Å². The van der Waals surface area contributed by atoms with Gasteiger partial charge in [-0.25, -0.2) is 8.78 Å². The molecule has 168 valence electrons. The maximum Gasteiger partial charge on any atom is 0.123 e. The fourth-order valence-corrected chi connectivity index (χ4v) is 4.25. The summed E-state index contributed by atoms with van der Waals surface area (Å²) in [6.45, 7) is 4.94. The van der Waals surface area contributed by atoms with Gasteiger partial charge in [0.1, 0.15) is 11.6 Å². The summed E-state index contributed by atoms with van der Waals surface area (Å²) >= 11 is 0. The molecule has 3 aromatic carbocycles. The van der Waals surface area contributed by atoms with Gasteiger partial charge in [-0.15, -0.1) is 0 Å². The molecule has 5 heteroatoms. The first kappa shape index (κ1) is 22.4. The first-order valence-corrected chi connectivity index (χ1v) is 11.3. The first-order chi connectivity index (χ1) is 15.6. The zero-order chi connectivity index (χ0) is 22.3. The van der Waals surface area contributed by atoms with E-state index in [1.54, 1.807) is 12.1 Å². The van der Waals surface area contributed by atoms with Crippen LogP contribution in [0.4, 0.5) is 14.5 Å². The Hall–Kier alpha value is -2.76. The third-order valence-corrected chi connectivity index (χ3v) is 6.20. The number of anilines is 1. The van der Waals surface area contributed by atoms with E-state index in [-0.39, 0.29) is 11.6 Å². The molecule has 0 spiro atoms. The van der Waals surface area contributed by atoms with Gasteiger partial charge in [0.2, 0.25) is 0 Å². The molecule has 1 N–H and O–H groups in total. The summed E-state index contributed by atoms with van der Waals surface area (Å²) in [6, 6.07) is 21.4. The second-order valence-electron chi connectivity index (χ2n) is 8.51. The van der Waals surface area contributed by atoms with Gasteiger partial charge in [0.25, 0.3) is 0 Å². The number of hydrogen-bond donors (Lipinski definition) is 1. The topological polar surface area (TPSA) is 26.7 Å². The normalized spacial score (nSPS) is 15.7. The lowest BCUT2D eigenvalue weighted by Gasteiger charge is -2.36. The summed E-state index contributed by atoms with van der Waals surface area (Å²) in [5.41, 5.74) is 4.34. The molecule has 4 rings (SSSR count). The molecule has 32 heavy (non-hydrogen) atoms. The maximum atomic E-state index is 13.1. The Morgan fingerprint density at radius 3 is 1.84 bits per heavy atom. The second-order valence-corrected chi connectivity index (χ2v) is 8.51. The fourth-order valence-electron chi connectivity index (χ4n) is 4.25. The van der Waals surface area contributed by atoms with Crippen molar-refractivity contribution >= 4 is 5.69 Å². The van der Waals surface area contributed by atoms with E-state index in [1.807, 2.05) is 12.1 Å². The average molecular weight is 437 g/mol. The molecule has 1 saturated heterocycles. The number of aliphatic hydroxyl groups is 1. The second kappa shape index (κ2) is 10.7. The van der Waals surface area contributed by atoms with Gasteiger partial charge < -0.3 is 10.0 Å². The van der Waals surface area contributed by atoms with E-state index in [9.17, 15) is 13.9 Å². The smallest absolute Gasteiger partial charge is 0.123 e. The van der Waals surface area contributed by atoms with Crippen LogP contribution in [0.1, 0.15) is 35.6 Å². The van der Waals surface area contributed by atoms with Crippen molar-refractivity contribution in [2.45, 2.75) is 25.4 Å². The van der Waals surface area contributed by atoms with Crippen molar-refractivity contribution in [1.82, 2.24) is 4.90 Å². The van der Waals surface area contributed by atoms with Crippen LogP contribution in [-0.4, -0.2) is 42.7 Å². The highest BCUT2D eigenvalue weighted by Crippen LogP contribution is 2.21. The molecule has 0 radical (unpaired) electrons. The van der Waals surface area contributed by atoms with Crippen molar-refractivity contribution in [3.63, 3.8) is 0 Å². The van der Waals surface area contributed by atoms with E-state index in [0.29, 0.717) is 6.42 Å². The van der Waals surface area contributed by atoms with Crippen LogP contribution in [0.5, 0.6) is 0 Å². The molecule has 1 unspecified atom stereocenters.